The van der Waals surface area contributed by atoms with E-state index in [1.54, 1.807) is 12.1 Å². The van der Waals surface area contributed by atoms with Crippen molar-refractivity contribution in [3.63, 3.8) is 0 Å². The van der Waals surface area contributed by atoms with E-state index in [4.69, 9.17) is 9.47 Å². The van der Waals surface area contributed by atoms with E-state index in [0.29, 0.717) is 44.0 Å². The van der Waals surface area contributed by atoms with E-state index in [2.05, 4.69) is 21.7 Å². The normalized spacial score (nSPS) is 22.0. The van der Waals surface area contributed by atoms with Gasteiger partial charge in [-0.3, -0.25) is 9.69 Å². The van der Waals surface area contributed by atoms with Crippen LogP contribution in [0.2, 0.25) is 0 Å². The first-order valence-corrected chi connectivity index (χ1v) is 13.7. The number of hydrogen-bond acceptors (Lipinski definition) is 7. The summed E-state index contributed by atoms with van der Waals surface area (Å²) in [6.45, 7) is 2.47. The zero-order chi connectivity index (χ0) is 23.0. The van der Waals surface area contributed by atoms with Crippen molar-refractivity contribution in [2.75, 3.05) is 51.8 Å². The molecule has 1 aliphatic carbocycles. The highest BCUT2D eigenvalue weighted by Gasteiger charge is 2.40. The van der Waals surface area contributed by atoms with Crippen LogP contribution in [0, 0.1) is 5.92 Å². The smallest absolute Gasteiger partial charge is 0.246 e. The van der Waals surface area contributed by atoms with E-state index in [9.17, 15) is 13.2 Å². The minimum absolute atomic E-state index is 0.0569. The van der Waals surface area contributed by atoms with E-state index in [1.165, 1.54) is 40.8 Å². The predicted molar refractivity (Wildman–Crippen MR) is 126 cm³/mol. The molecule has 1 saturated carbocycles. The van der Waals surface area contributed by atoms with Gasteiger partial charge in [-0.15, -0.1) is 11.3 Å². The average molecular weight is 492 g/mol. The Kier molecular flexibility index (Phi) is 6.45. The number of amides is 1. The maximum absolute atomic E-state index is 13.2. The average Bonchev–Trinajstić information content (AvgIpc) is 3.55. The van der Waals surface area contributed by atoms with Gasteiger partial charge in [0.05, 0.1) is 26.9 Å². The van der Waals surface area contributed by atoms with Crippen molar-refractivity contribution in [3.05, 3.63) is 40.1 Å². The lowest BCUT2D eigenvalue weighted by Gasteiger charge is -2.35. The molecule has 5 rings (SSSR count). The highest BCUT2D eigenvalue weighted by molar-refractivity contribution is 7.89. The number of nitrogens with zero attached hydrogens (tertiary/aromatic N) is 2. The van der Waals surface area contributed by atoms with Crippen molar-refractivity contribution >= 4 is 33.0 Å². The molecule has 1 N–H and O–H groups in total. The molecule has 1 aromatic carbocycles. The van der Waals surface area contributed by atoms with Gasteiger partial charge in [0, 0.05) is 36.2 Å². The number of fused-ring (bicyclic) bond motifs is 1. The van der Waals surface area contributed by atoms with Crippen molar-refractivity contribution < 1.29 is 22.7 Å². The third kappa shape index (κ3) is 4.67. The molecule has 0 bridgehead atoms. The minimum atomic E-state index is -3.76. The number of anilines is 1. The number of carbonyl (C=O) groups is 1. The first-order valence-electron chi connectivity index (χ1n) is 11.3. The Morgan fingerprint density at radius 1 is 1.21 bits per heavy atom. The first-order chi connectivity index (χ1) is 16.0. The zero-order valence-corrected chi connectivity index (χ0v) is 20.3. The van der Waals surface area contributed by atoms with Gasteiger partial charge in [-0.05, 0) is 60.4 Å². The Bertz CT molecular complexity index is 1120. The van der Waals surface area contributed by atoms with Gasteiger partial charge in [-0.1, -0.05) is 0 Å². The number of thiophene rings is 1. The number of benzene rings is 1. The molecule has 10 heteroatoms. The predicted octanol–water partition coefficient (Wildman–Crippen LogP) is 2.73. The van der Waals surface area contributed by atoms with E-state index in [0.717, 1.165) is 13.0 Å². The summed E-state index contributed by atoms with van der Waals surface area (Å²) < 4.78 is 38.4. The van der Waals surface area contributed by atoms with Gasteiger partial charge in [-0.2, -0.15) is 4.31 Å². The summed E-state index contributed by atoms with van der Waals surface area (Å²) in [5, 5.41) is 5.06. The highest BCUT2D eigenvalue weighted by atomic mass is 32.2. The van der Waals surface area contributed by atoms with E-state index in [-0.39, 0.29) is 23.1 Å². The maximum Gasteiger partial charge on any atom is 0.246 e. The third-order valence-electron chi connectivity index (χ3n) is 6.57. The van der Waals surface area contributed by atoms with E-state index in [1.807, 2.05) is 11.3 Å². The number of nitrogens with one attached hydrogen (secondary N) is 1. The molecule has 2 fully saturated rings. The summed E-state index contributed by atoms with van der Waals surface area (Å²) in [4.78, 5) is 16.8. The third-order valence-corrected chi connectivity index (χ3v) is 9.48. The van der Waals surface area contributed by atoms with Crippen LogP contribution in [-0.4, -0.2) is 70.0 Å². The van der Waals surface area contributed by atoms with Gasteiger partial charge in [0.1, 0.15) is 10.6 Å². The lowest BCUT2D eigenvalue weighted by atomic mass is 9.96. The molecule has 1 saturated heterocycles. The molecule has 0 unspecified atom stereocenters. The summed E-state index contributed by atoms with van der Waals surface area (Å²) in [7, 11) is -2.32. The molecule has 0 spiro atoms. The highest BCUT2D eigenvalue weighted by Crippen LogP contribution is 2.48. The Labute approximate surface area is 198 Å². The van der Waals surface area contributed by atoms with Crippen LogP contribution < -0.4 is 10.1 Å². The van der Waals surface area contributed by atoms with Crippen molar-refractivity contribution in [3.8, 4) is 5.75 Å². The van der Waals surface area contributed by atoms with Crippen molar-refractivity contribution in [1.29, 1.82) is 0 Å². The number of ether oxygens (including phenoxy) is 2. The van der Waals surface area contributed by atoms with Gasteiger partial charge in [0.2, 0.25) is 15.9 Å². The standard InChI is InChI=1S/C23H29N3O5S2/c1-30-19-5-4-17(14-21(19)33(28,29)26-9-11-31-12-10-26)24-22(27)15-25-8-6-20-18(7-13-32-20)23(25)16-2-3-16/h4-5,7,13-14,16,23H,2-3,6,8-12,15H2,1H3,(H,24,27)/t23-/m1/s1. The molecule has 33 heavy (non-hydrogen) atoms. The molecule has 1 aromatic heterocycles. The number of morpholine rings is 1. The van der Waals surface area contributed by atoms with Crippen LogP contribution in [0.15, 0.2) is 34.5 Å². The number of hydrogen-bond donors (Lipinski definition) is 1. The number of carbonyl (C=O) groups excluding carboxylic acids is 1. The van der Waals surface area contributed by atoms with Crippen LogP contribution in [0.25, 0.3) is 0 Å². The van der Waals surface area contributed by atoms with Crippen LogP contribution >= 0.6 is 11.3 Å². The van der Waals surface area contributed by atoms with Crippen LogP contribution in [0.3, 0.4) is 0 Å². The van der Waals surface area contributed by atoms with Crippen LogP contribution in [-0.2, 0) is 26.0 Å². The fraction of sp³-hybridized carbons (Fsp3) is 0.522. The second-order valence-corrected chi connectivity index (χ2v) is 11.6. The number of sulfonamides is 1. The second kappa shape index (κ2) is 9.34. The molecule has 3 aliphatic rings. The Morgan fingerprint density at radius 2 is 2.00 bits per heavy atom. The summed E-state index contributed by atoms with van der Waals surface area (Å²) in [6, 6.07) is 7.28. The van der Waals surface area contributed by atoms with Crippen molar-refractivity contribution in [2.45, 2.75) is 30.2 Å². The van der Waals surface area contributed by atoms with Crippen LogP contribution in [0.1, 0.15) is 29.3 Å². The van der Waals surface area contributed by atoms with Gasteiger partial charge >= 0.3 is 0 Å². The van der Waals surface area contributed by atoms with Crippen molar-refractivity contribution in [2.24, 2.45) is 5.92 Å². The second-order valence-electron chi connectivity index (χ2n) is 8.73. The van der Waals surface area contributed by atoms with Gasteiger partial charge < -0.3 is 14.8 Å². The number of methoxy groups -OCH3 is 1. The molecule has 2 aromatic rings. The van der Waals surface area contributed by atoms with Gasteiger partial charge in [0.25, 0.3) is 0 Å². The maximum atomic E-state index is 13.2. The molecule has 1 amide bonds. The van der Waals surface area contributed by atoms with Crippen molar-refractivity contribution in [1.82, 2.24) is 9.21 Å². The molecule has 8 nitrogen and oxygen atoms in total. The zero-order valence-electron chi connectivity index (χ0n) is 18.7. The summed E-state index contributed by atoms with van der Waals surface area (Å²) in [5.74, 6) is 0.742. The lowest BCUT2D eigenvalue weighted by molar-refractivity contribution is -0.118. The molecule has 3 heterocycles. The molecule has 178 valence electrons. The SMILES string of the molecule is COc1ccc(NC(=O)CN2CCc3sccc3[C@H]2C2CC2)cc1S(=O)(=O)N1CCOCC1. The largest absolute Gasteiger partial charge is 0.495 e. The Morgan fingerprint density at radius 3 is 2.73 bits per heavy atom. The van der Waals surface area contributed by atoms with E-state index < -0.39 is 10.0 Å². The summed E-state index contributed by atoms with van der Waals surface area (Å²) >= 11 is 1.81. The molecule has 0 radical (unpaired) electrons. The Hall–Kier alpha value is -1.98. The molecular formula is C23H29N3O5S2. The molecule has 1 atom stereocenters. The number of rotatable bonds is 7. The van der Waals surface area contributed by atoms with Gasteiger partial charge in [-0.25, -0.2) is 8.42 Å². The lowest BCUT2D eigenvalue weighted by Crippen LogP contribution is -2.41. The fourth-order valence-electron chi connectivity index (χ4n) is 4.81. The molecular weight excluding hydrogens is 462 g/mol. The summed E-state index contributed by atoms with van der Waals surface area (Å²) in [6.07, 6.45) is 3.38. The molecule has 2 aliphatic heterocycles. The topological polar surface area (TPSA) is 88.2 Å². The quantitative estimate of drug-likeness (QED) is 0.641. The Balaban J connectivity index is 1.32. The van der Waals surface area contributed by atoms with Crippen LogP contribution in [0.4, 0.5) is 5.69 Å². The minimum Gasteiger partial charge on any atom is -0.495 e. The fourth-order valence-corrected chi connectivity index (χ4v) is 7.31. The van der Waals surface area contributed by atoms with Crippen LogP contribution in [0.5, 0.6) is 5.75 Å². The monoisotopic (exact) mass is 491 g/mol. The van der Waals surface area contributed by atoms with Gasteiger partial charge in [0.15, 0.2) is 0 Å². The summed E-state index contributed by atoms with van der Waals surface area (Å²) in [5.41, 5.74) is 1.83. The first kappa shape index (κ1) is 22.8. The van der Waals surface area contributed by atoms with E-state index >= 15 is 0 Å².